The zero-order chi connectivity index (χ0) is 14.7. The van der Waals surface area contributed by atoms with E-state index in [0.717, 1.165) is 37.0 Å². The highest BCUT2D eigenvalue weighted by Gasteiger charge is 2.20. The van der Waals surface area contributed by atoms with Crippen molar-refractivity contribution in [1.82, 2.24) is 19.9 Å². The third-order valence-corrected chi connectivity index (χ3v) is 3.83. The van der Waals surface area contributed by atoms with Crippen molar-refractivity contribution < 1.29 is 0 Å². The number of rotatable bonds is 5. The standard InChI is InChI=1S/C13H22N8/c14-5-6-16-11-10-12(18-7-17-10)21-13(20-11)19-9-3-1-8(15)2-4-9/h7-9H,1-6,14-15H2,(H3,16,17,18,19,20,21). The second kappa shape index (κ2) is 6.23. The molecule has 0 unspecified atom stereocenters. The van der Waals surface area contributed by atoms with E-state index >= 15 is 0 Å². The molecule has 0 spiro atoms. The van der Waals surface area contributed by atoms with Gasteiger partial charge in [-0.05, 0) is 25.7 Å². The van der Waals surface area contributed by atoms with E-state index in [1.54, 1.807) is 6.33 Å². The van der Waals surface area contributed by atoms with Crippen molar-refractivity contribution in [3.8, 4) is 0 Å². The Hall–Kier alpha value is -1.93. The molecule has 21 heavy (non-hydrogen) atoms. The molecule has 1 fully saturated rings. The van der Waals surface area contributed by atoms with Crippen LogP contribution >= 0.6 is 0 Å². The Balaban J connectivity index is 1.78. The Morgan fingerprint density at radius 1 is 1.24 bits per heavy atom. The highest BCUT2D eigenvalue weighted by Crippen LogP contribution is 2.22. The van der Waals surface area contributed by atoms with Crippen molar-refractivity contribution in [2.75, 3.05) is 23.7 Å². The van der Waals surface area contributed by atoms with Crippen molar-refractivity contribution in [3.63, 3.8) is 0 Å². The van der Waals surface area contributed by atoms with Crippen LogP contribution < -0.4 is 22.1 Å². The molecule has 1 saturated carbocycles. The molecule has 2 aromatic rings. The molecule has 2 aromatic heterocycles. The number of hydrogen-bond donors (Lipinski definition) is 5. The Kier molecular flexibility index (Phi) is 4.16. The average molecular weight is 290 g/mol. The fraction of sp³-hybridized carbons (Fsp3) is 0.615. The molecule has 0 amide bonds. The van der Waals surface area contributed by atoms with Gasteiger partial charge in [0.25, 0.3) is 0 Å². The van der Waals surface area contributed by atoms with Gasteiger partial charge < -0.3 is 27.1 Å². The van der Waals surface area contributed by atoms with Crippen molar-refractivity contribution >= 4 is 22.9 Å². The van der Waals surface area contributed by atoms with Gasteiger partial charge >= 0.3 is 0 Å². The number of nitrogens with zero attached hydrogens (tertiary/aromatic N) is 3. The quantitative estimate of drug-likeness (QED) is 0.539. The van der Waals surface area contributed by atoms with Crippen LogP contribution in [-0.2, 0) is 0 Å². The second-order valence-electron chi connectivity index (χ2n) is 5.47. The molecular formula is C13H22N8. The van der Waals surface area contributed by atoms with Crippen LogP contribution in [0.25, 0.3) is 11.2 Å². The van der Waals surface area contributed by atoms with Gasteiger partial charge in [0, 0.05) is 25.2 Å². The zero-order valence-electron chi connectivity index (χ0n) is 12.0. The maximum absolute atomic E-state index is 5.93. The van der Waals surface area contributed by atoms with Crippen molar-refractivity contribution in [2.45, 2.75) is 37.8 Å². The van der Waals surface area contributed by atoms with Crippen LogP contribution in [0.3, 0.4) is 0 Å². The molecule has 0 saturated heterocycles. The topological polar surface area (TPSA) is 131 Å². The van der Waals surface area contributed by atoms with Crippen LogP contribution in [0.15, 0.2) is 6.33 Å². The molecule has 7 N–H and O–H groups in total. The van der Waals surface area contributed by atoms with Crippen molar-refractivity contribution in [3.05, 3.63) is 6.33 Å². The minimum atomic E-state index is 0.333. The number of nitrogens with one attached hydrogen (secondary N) is 3. The fourth-order valence-corrected chi connectivity index (χ4v) is 2.66. The van der Waals surface area contributed by atoms with Crippen molar-refractivity contribution in [1.29, 1.82) is 0 Å². The molecule has 0 atom stereocenters. The first kappa shape index (κ1) is 14.0. The van der Waals surface area contributed by atoms with Gasteiger partial charge in [0.1, 0.15) is 5.52 Å². The average Bonchev–Trinajstić information content (AvgIpc) is 2.95. The number of aromatic nitrogens is 4. The molecule has 3 rings (SSSR count). The molecular weight excluding hydrogens is 268 g/mol. The minimum Gasteiger partial charge on any atom is -0.367 e. The monoisotopic (exact) mass is 290 g/mol. The van der Waals surface area contributed by atoms with Crippen LogP contribution in [0.5, 0.6) is 0 Å². The molecule has 8 heteroatoms. The third kappa shape index (κ3) is 3.22. The minimum absolute atomic E-state index is 0.333. The van der Waals surface area contributed by atoms with Crippen LogP contribution in [0, 0.1) is 0 Å². The summed E-state index contributed by atoms with van der Waals surface area (Å²) in [5, 5.41) is 6.60. The number of nitrogens with two attached hydrogens (primary N) is 2. The van der Waals surface area contributed by atoms with E-state index in [-0.39, 0.29) is 0 Å². The van der Waals surface area contributed by atoms with E-state index < -0.39 is 0 Å². The maximum Gasteiger partial charge on any atom is 0.227 e. The van der Waals surface area contributed by atoms with Gasteiger partial charge in [-0.2, -0.15) is 9.97 Å². The summed E-state index contributed by atoms with van der Waals surface area (Å²) in [7, 11) is 0. The maximum atomic E-state index is 5.93. The van der Waals surface area contributed by atoms with E-state index in [4.69, 9.17) is 11.5 Å². The molecule has 0 radical (unpaired) electrons. The molecule has 8 nitrogen and oxygen atoms in total. The lowest BCUT2D eigenvalue weighted by molar-refractivity contribution is 0.410. The number of fused-ring (bicyclic) bond motifs is 1. The molecule has 2 heterocycles. The lowest BCUT2D eigenvalue weighted by Gasteiger charge is -2.26. The van der Waals surface area contributed by atoms with Crippen LogP contribution in [-0.4, -0.2) is 45.1 Å². The molecule has 0 aromatic carbocycles. The Labute approximate surface area is 123 Å². The zero-order valence-corrected chi connectivity index (χ0v) is 12.0. The van der Waals surface area contributed by atoms with E-state index in [1.165, 1.54) is 0 Å². The Morgan fingerprint density at radius 3 is 2.81 bits per heavy atom. The third-order valence-electron chi connectivity index (χ3n) is 3.83. The molecule has 114 valence electrons. The Bertz CT molecular complexity index is 587. The smallest absolute Gasteiger partial charge is 0.227 e. The van der Waals surface area contributed by atoms with Crippen LogP contribution in [0.4, 0.5) is 11.8 Å². The number of H-pyrrole nitrogens is 1. The van der Waals surface area contributed by atoms with Gasteiger partial charge in [0.2, 0.25) is 5.95 Å². The van der Waals surface area contributed by atoms with Crippen LogP contribution in [0.2, 0.25) is 0 Å². The van der Waals surface area contributed by atoms with Gasteiger partial charge in [-0.1, -0.05) is 0 Å². The largest absolute Gasteiger partial charge is 0.367 e. The highest BCUT2D eigenvalue weighted by molar-refractivity contribution is 5.83. The van der Waals surface area contributed by atoms with Gasteiger partial charge in [0.05, 0.1) is 6.33 Å². The summed E-state index contributed by atoms with van der Waals surface area (Å²) < 4.78 is 0. The lowest BCUT2D eigenvalue weighted by atomic mass is 9.92. The summed E-state index contributed by atoms with van der Waals surface area (Å²) in [5.74, 6) is 1.34. The molecule has 0 aliphatic heterocycles. The Morgan fingerprint density at radius 2 is 2.05 bits per heavy atom. The number of anilines is 2. The van der Waals surface area contributed by atoms with E-state index in [2.05, 4.69) is 30.6 Å². The first-order valence-corrected chi connectivity index (χ1v) is 7.43. The number of hydrogen-bond acceptors (Lipinski definition) is 7. The first-order valence-electron chi connectivity index (χ1n) is 7.43. The molecule has 1 aliphatic carbocycles. The highest BCUT2D eigenvalue weighted by atomic mass is 15.2. The normalized spacial score (nSPS) is 22.4. The van der Waals surface area contributed by atoms with Gasteiger partial charge in [-0.15, -0.1) is 0 Å². The SMILES string of the molecule is NCCNc1nc(NC2CCC(N)CC2)nc2nc[nH]c12. The predicted octanol–water partition coefficient (Wildman–Crippen LogP) is 0.405. The summed E-state index contributed by atoms with van der Waals surface area (Å²) in [6.45, 7) is 1.20. The van der Waals surface area contributed by atoms with E-state index in [0.29, 0.717) is 36.8 Å². The second-order valence-corrected chi connectivity index (χ2v) is 5.47. The summed E-state index contributed by atoms with van der Waals surface area (Å²) in [6.07, 6.45) is 5.81. The summed E-state index contributed by atoms with van der Waals surface area (Å²) in [5.41, 5.74) is 12.9. The fourth-order valence-electron chi connectivity index (χ4n) is 2.66. The summed E-state index contributed by atoms with van der Waals surface area (Å²) >= 11 is 0. The van der Waals surface area contributed by atoms with E-state index in [1.807, 2.05) is 0 Å². The first-order chi connectivity index (χ1) is 10.3. The van der Waals surface area contributed by atoms with E-state index in [9.17, 15) is 0 Å². The number of aromatic amines is 1. The predicted molar refractivity (Wildman–Crippen MR) is 83.1 cm³/mol. The van der Waals surface area contributed by atoms with Crippen molar-refractivity contribution in [2.24, 2.45) is 11.5 Å². The van der Waals surface area contributed by atoms with Crippen LogP contribution in [0.1, 0.15) is 25.7 Å². The number of imidazole rings is 1. The lowest BCUT2D eigenvalue weighted by Crippen LogP contribution is -2.33. The molecule has 1 aliphatic rings. The summed E-state index contributed by atoms with van der Waals surface area (Å²) in [6, 6.07) is 0.711. The molecule has 0 bridgehead atoms. The van der Waals surface area contributed by atoms with Gasteiger partial charge in [0.15, 0.2) is 11.5 Å². The van der Waals surface area contributed by atoms with Gasteiger partial charge in [-0.25, -0.2) is 4.98 Å². The summed E-state index contributed by atoms with van der Waals surface area (Å²) in [4.78, 5) is 16.2. The van der Waals surface area contributed by atoms with Gasteiger partial charge in [-0.3, -0.25) is 0 Å².